The second-order valence-electron chi connectivity index (χ2n) is 10.4. The third-order valence-electron chi connectivity index (χ3n) is 6.22. The van der Waals surface area contributed by atoms with Gasteiger partial charge in [-0.1, -0.05) is 44.0 Å². The minimum absolute atomic E-state index is 0.189. The van der Waals surface area contributed by atoms with Crippen molar-refractivity contribution in [2.45, 2.75) is 72.6 Å². The van der Waals surface area contributed by atoms with Crippen LogP contribution in [0.5, 0.6) is 5.75 Å². The number of methoxy groups -OCH3 is 1. The van der Waals surface area contributed by atoms with Gasteiger partial charge in [-0.3, -0.25) is 9.59 Å². The molecule has 2 N–H and O–H groups in total. The molecule has 0 saturated carbocycles. The van der Waals surface area contributed by atoms with Crippen LogP contribution in [0.2, 0.25) is 0 Å². The second-order valence-corrected chi connectivity index (χ2v) is 10.4. The first-order chi connectivity index (χ1) is 17.3. The van der Waals surface area contributed by atoms with Crippen LogP contribution in [-0.4, -0.2) is 48.6 Å². The number of benzene rings is 2. The molecular weight excluding hydrogens is 470 g/mol. The van der Waals surface area contributed by atoms with Gasteiger partial charge >= 0.3 is 6.09 Å². The highest BCUT2D eigenvalue weighted by atomic mass is 16.6. The zero-order valence-electron chi connectivity index (χ0n) is 23.5. The van der Waals surface area contributed by atoms with Gasteiger partial charge < -0.3 is 25.0 Å². The SMILES string of the molecule is CCC(C)C(NC(=O)OC(C)(C)C)C(=O)N(C)C(C(=O)Nc1ccc(OC)cc1)c1cc(C)ccc1C. The lowest BCUT2D eigenvalue weighted by Gasteiger charge is -2.34. The van der Waals surface area contributed by atoms with Crippen molar-refractivity contribution in [1.29, 1.82) is 0 Å². The molecule has 0 aliphatic rings. The average molecular weight is 512 g/mol. The van der Waals surface area contributed by atoms with Gasteiger partial charge in [0.1, 0.15) is 23.4 Å². The topological polar surface area (TPSA) is 97.0 Å². The molecule has 0 saturated heterocycles. The average Bonchev–Trinajstić information content (AvgIpc) is 2.83. The molecule has 0 aromatic heterocycles. The number of ether oxygens (including phenoxy) is 2. The summed E-state index contributed by atoms with van der Waals surface area (Å²) in [5, 5.41) is 5.67. The predicted molar refractivity (Wildman–Crippen MR) is 146 cm³/mol. The van der Waals surface area contributed by atoms with Gasteiger partial charge in [-0.05, 0) is 75.9 Å². The molecule has 37 heavy (non-hydrogen) atoms. The molecule has 2 rings (SSSR count). The Hall–Kier alpha value is -3.55. The summed E-state index contributed by atoms with van der Waals surface area (Å²) >= 11 is 0. The Labute approximate surface area is 220 Å². The van der Waals surface area contributed by atoms with Crippen LogP contribution in [0.4, 0.5) is 10.5 Å². The van der Waals surface area contributed by atoms with E-state index in [1.807, 2.05) is 45.9 Å². The molecule has 0 fully saturated rings. The molecule has 0 aliphatic heterocycles. The van der Waals surface area contributed by atoms with E-state index in [0.717, 1.165) is 11.1 Å². The molecule has 8 heteroatoms. The van der Waals surface area contributed by atoms with E-state index in [9.17, 15) is 14.4 Å². The number of nitrogens with zero attached hydrogens (tertiary/aromatic N) is 1. The van der Waals surface area contributed by atoms with Crippen molar-refractivity contribution >= 4 is 23.6 Å². The first-order valence-corrected chi connectivity index (χ1v) is 12.6. The monoisotopic (exact) mass is 511 g/mol. The molecule has 2 aromatic carbocycles. The van der Waals surface area contributed by atoms with Gasteiger partial charge in [-0.2, -0.15) is 0 Å². The first kappa shape index (κ1) is 29.7. The Balaban J connectivity index is 2.44. The summed E-state index contributed by atoms with van der Waals surface area (Å²) in [5.74, 6) is -0.266. The Bertz CT molecular complexity index is 1090. The molecule has 8 nitrogen and oxygen atoms in total. The molecular formula is C29H41N3O5. The zero-order chi connectivity index (χ0) is 27.9. The van der Waals surface area contributed by atoms with Gasteiger partial charge in [0.15, 0.2) is 0 Å². The van der Waals surface area contributed by atoms with Crippen LogP contribution in [0.3, 0.4) is 0 Å². The van der Waals surface area contributed by atoms with Crippen molar-refractivity contribution < 1.29 is 23.9 Å². The number of rotatable bonds is 9. The molecule has 0 aliphatic carbocycles. The Morgan fingerprint density at radius 1 is 1.03 bits per heavy atom. The van der Waals surface area contributed by atoms with Crippen LogP contribution >= 0.6 is 0 Å². The summed E-state index contributed by atoms with van der Waals surface area (Å²) < 4.78 is 10.6. The van der Waals surface area contributed by atoms with Crippen molar-refractivity contribution in [1.82, 2.24) is 10.2 Å². The second kappa shape index (κ2) is 12.6. The van der Waals surface area contributed by atoms with Crippen molar-refractivity contribution in [3.05, 3.63) is 59.2 Å². The summed E-state index contributed by atoms with van der Waals surface area (Å²) in [6.07, 6.45) is -0.0304. The molecule has 3 amide bonds. The number of likely N-dealkylation sites (N-methyl/N-ethyl adjacent to an activating group) is 1. The molecule has 2 aromatic rings. The van der Waals surface area contributed by atoms with Crippen molar-refractivity contribution in [2.24, 2.45) is 5.92 Å². The summed E-state index contributed by atoms with van der Waals surface area (Å²) in [7, 11) is 3.16. The molecule has 0 bridgehead atoms. The fraction of sp³-hybridized carbons (Fsp3) is 0.483. The number of alkyl carbamates (subject to hydrolysis) is 1. The van der Waals surface area contributed by atoms with Crippen LogP contribution in [0.15, 0.2) is 42.5 Å². The number of nitrogens with one attached hydrogen (secondary N) is 2. The number of aryl methyl sites for hydroxylation is 2. The maximum absolute atomic E-state index is 13.9. The first-order valence-electron chi connectivity index (χ1n) is 12.6. The van der Waals surface area contributed by atoms with Crippen LogP contribution in [0, 0.1) is 19.8 Å². The van der Waals surface area contributed by atoms with Crippen molar-refractivity contribution in [3.8, 4) is 5.75 Å². The Morgan fingerprint density at radius 2 is 1.65 bits per heavy atom. The van der Waals surface area contributed by atoms with Crippen molar-refractivity contribution in [3.63, 3.8) is 0 Å². The summed E-state index contributed by atoms with van der Waals surface area (Å²) in [6.45, 7) is 13.0. The van der Waals surface area contributed by atoms with Crippen LogP contribution < -0.4 is 15.4 Å². The van der Waals surface area contributed by atoms with Gasteiger partial charge in [-0.15, -0.1) is 0 Å². The van der Waals surface area contributed by atoms with E-state index in [1.165, 1.54) is 4.90 Å². The number of hydrogen-bond donors (Lipinski definition) is 2. The molecule has 0 heterocycles. The number of hydrogen-bond acceptors (Lipinski definition) is 5. The summed E-state index contributed by atoms with van der Waals surface area (Å²) in [5.41, 5.74) is 2.42. The number of amides is 3. The fourth-order valence-electron chi connectivity index (χ4n) is 3.93. The maximum atomic E-state index is 13.9. The van der Waals surface area contributed by atoms with E-state index in [-0.39, 0.29) is 17.7 Å². The smallest absolute Gasteiger partial charge is 0.408 e. The van der Waals surface area contributed by atoms with Gasteiger partial charge in [-0.25, -0.2) is 4.79 Å². The lowest BCUT2D eigenvalue weighted by atomic mass is 9.94. The predicted octanol–water partition coefficient (Wildman–Crippen LogP) is 5.39. The van der Waals surface area contributed by atoms with E-state index >= 15 is 0 Å². The Kier molecular flexibility index (Phi) is 10.1. The summed E-state index contributed by atoms with van der Waals surface area (Å²) in [6, 6.07) is 11.0. The van der Waals surface area contributed by atoms with Crippen molar-refractivity contribution in [2.75, 3.05) is 19.5 Å². The molecule has 202 valence electrons. The lowest BCUT2D eigenvalue weighted by Crippen LogP contribution is -2.53. The van der Waals surface area contributed by atoms with E-state index in [1.54, 1.807) is 59.2 Å². The van der Waals surface area contributed by atoms with Gasteiger partial charge in [0.2, 0.25) is 5.91 Å². The quantitative estimate of drug-likeness (QED) is 0.471. The highest BCUT2D eigenvalue weighted by molar-refractivity contribution is 5.99. The molecule has 3 atom stereocenters. The van der Waals surface area contributed by atoms with E-state index in [0.29, 0.717) is 23.4 Å². The number of carbonyl (C=O) groups excluding carboxylic acids is 3. The van der Waals surface area contributed by atoms with Gasteiger partial charge in [0, 0.05) is 12.7 Å². The fourth-order valence-corrected chi connectivity index (χ4v) is 3.93. The molecule has 0 radical (unpaired) electrons. The van der Waals surface area contributed by atoms with Crippen LogP contribution in [0.25, 0.3) is 0 Å². The van der Waals surface area contributed by atoms with E-state index in [4.69, 9.17) is 9.47 Å². The molecule has 0 spiro atoms. The third-order valence-corrected chi connectivity index (χ3v) is 6.22. The Morgan fingerprint density at radius 3 is 2.19 bits per heavy atom. The van der Waals surface area contributed by atoms with Crippen LogP contribution in [-0.2, 0) is 14.3 Å². The lowest BCUT2D eigenvalue weighted by molar-refractivity contribution is -0.140. The van der Waals surface area contributed by atoms with E-state index in [2.05, 4.69) is 10.6 Å². The third kappa shape index (κ3) is 8.23. The highest BCUT2D eigenvalue weighted by Crippen LogP contribution is 2.28. The molecule has 3 unspecified atom stereocenters. The normalized spacial score (nSPS) is 13.6. The minimum atomic E-state index is -0.929. The zero-order valence-corrected chi connectivity index (χ0v) is 23.5. The largest absolute Gasteiger partial charge is 0.497 e. The standard InChI is InChI=1S/C29H41N3O5/c1-10-19(3)24(31-28(35)37-29(5,6)7)27(34)32(8)25(23-17-18(2)11-12-20(23)4)26(33)30-21-13-15-22(36-9)16-14-21/h11-17,19,24-25H,10H2,1-9H3,(H,30,33)(H,31,35). The van der Waals surface area contributed by atoms with E-state index < -0.39 is 23.8 Å². The van der Waals surface area contributed by atoms with Gasteiger partial charge in [0.05, 0.1) is 7.11 Å². The summed E-state index contributed by atoms with van der Waals surface area (Å²) in [4.78, 5) is 41.6. The number of anilines is 1. The van der Waals surface area contributed by atoms with Crippen LogP contribution in [0.1, 0.15) is 63.8 Å². The highest BCUT2D eigenvalue weighted by Gasteiger charge is 2.36. The number of carbonyl (C=O) groups is 3. The maximum Gasteiger partial charge on any atom is 0.408 e. The van der Waals surface area contributed by atoms with Gasteiger partial charge in [0.25, 0.3) is 5.91 Å². The minimum Gasteiger partial charge on any atom is -0.497 e.